The highest BCUT2D eigenvalue weighted by Crippen LogP contribution is 2.27. The van der Waals surface area contributed by atoms with E-state index >= 15 is 0 Å². The zero-order valence-electron chi connectivity index (χ0n) is 14.1. The monoisotopic (exact) mass is 333 g/mol. The lowest BCUT2D eigenvalue weighted by molar-refractivity contribution is -0.144. The molecule has 1 aliphatic heterocycles. The first-order valence-electron chi connectivity index (χ1n) is 8.54. The van der Waals surface area contributed by atoms with Crippen molar-refractivity contribution in [1.82, 2.24) is 24.6 Å². The van der Waals surface area contributed by atoms with E-state index in [4.69, 9.17) is 0 Å². The Labute approximate surface area is 140 Å². The molecule has 0 spiro atoms. The van der Waals surface area contributed by atoms with Crippen LogP contribution >= 0.6 is 0 Å². The van der Waals surface area contributed by atoms with Gasteiger partial charge in [0.15, 0.2) is 0 Å². The summed E-state index contributed by atoms with van der Waals surface area (Å²) in [7, 11) is 0. The van der Waals surface area contributed by atoms with Crippen LogP contribution in [0.25, 0.3) is 0 Å². The summed E-state index contributed by atoms with van der Waals surface area (Å²) < 4.78 is 1.68. The molecule has 0 atom stereocenters. The summed E-state index contributed by atoms with van der Waals surface area (Å²) in [6, 6.07) is -0.669. The van der Waals surface area contributed by atoms with E-state index in [1.807, 2.05) is 13.8 Å². The first kappa shape index (κ1) is 16.6. The Morgan fingerprint density at radius 2 is 1.83 bits per heavy atom. The van der Waals surface area contributed by atoms with Gasteiger partial charge in [0.25, 0.3) is 0 Å². The van der Waals surface area contributed by atoms with Crippen molar-refractivity contribution in [3.8, 4) is 0 Å². The molecule has 1 aromatic heterocycles. The molecule has 8 nitrogen and oxygen atoms in total. The molecule has 8 heteroatoms. The maximum atomic E-state index is 12.6. The minimum absolute atomic E-state index is 0.0145. The summed E-state index contributed by atoms with van der Waals surface area (Å²) in [6.07, 6.45) is 6.05. The van der Waals surface area contributed by atoms with Gasteiger partial charge in [-0.3, -0.25) is 14.5 Å². The summed E-state index contributed by atoms with van der Waals surface area (Å²) in [4.78, 5) is 43.5. The number of rotatable bonds is 5. The van der Waals surface area contributed by atoms with Crippen LogP contribution in [0.3, 0.4) is 0 Å². The molecule has 1 saturated heterocycles. The van der Waals surface area contributed by atoms with Gasteiger partial charge in [0.05, 0.1) is 6.54 Å². The predicted molar refractivity (Wildman–Crippen MR) is 84.5 cm³/mol. The Kier molecular flexibility index (Phi) is 4.64. The molecule has 130 valence electrons. The van der Waals surface area contributed by atoms with E-state index in [2.05, 4.69) is 10.1 Å². The molecule has 4 amide bonds. The lowest BCUT2D eigenvalue weighted by Crippen LogP contribution is -2.42. The first-order valence-corrected chi connectivity index (χ1v) is 8.54. The van der Waals surface area contributed by atoms with Gasteiger partial charge in [-0.2, -0.15) is 5.10 Å². The van der Waals surface area contributed by atoms with Crippen LogP contribution in [0.1, 0.15) is 51.8 Å². The minimum atomic E-state index is -0.760. The normalized spacial score (nSPS) is 19.9. The highest BCUT2D eigenvalue weighted by atomic mass is 16.2. The number of amides is 4. The maximum Gasteiger partial charge on any atom is 0.334 e. The Morgan fingerprint density at radius 1 is 1.12 bits per heavy atom. The van der Waals surface area contributed by atoms with E-state index in [0.717, 1.165) is 41.9 Å². The maximum absolute atomic E-state index is 12.6. The molecule has 2 heterocycles. The zero-order chi connectivity index (χ0) is 17.3. The Morgan fingerprint density at radius 3 is 2.50 bits per heavy atom. The van der Waals surface area contributed by atoms with E-state index in [9.17, 15) is 14.4 Å². The third-order valence-corrected chi connectivity index (χ3v) is 4.56. The van der Waals surface area contributed by atoms with Crippen LogP contribution in [0.15, 0.2) is 6.33 Å². The van der Waals surface area contributed by atoms with Crippen molar-refractivity contribution in [2.24, 2.45) is 5.92 Å². The summed E-state index contributed by atoms with van der Waals surface area (Å²) in [6.45, 7) is 4.73. The summed E-state index contributed by atoms with van der Waals surface area (Å²) in [5.74, 6) is -0.592. The standard InChI is InChI=1S/C16H23N5O3/c1-11(2)8-20-13(17-10-18-20)9-19-14(22)15(23)21(16(19)24)12-6-4-3-5-7-12/h10-12H,3-9H2,1-2H3. The second-order valence-electron chi connectivity index (χ2n) is 6.89. The number of carbonyl (C=O) groups is 3. The van der Waals surface area contributed by atoms with E-state index in [1.165, 1.54) is 6.33 Å². The van der Waals surface area contributed by atoms with Crippen LogP contribution in [-0.4, -0.2) is 48.5 Å². The van der Waals surface area contributed by atoms with Crippen molar-refractivity contribution in [3.05, 3.63) is 12.2 Å². The molecular formula is C16H23N5O3. The Hall–Kier alpha value is -2.25. The number of nitrogens with zero attached hydrogens (tertiary/aromatic N) is 5. The highest BCUT2D eigenvalue weighted by molar-refractivity contribution is 6.44. The van der Waals surface area contributed by atoms with Crippen molar-refractivity contribution in [1.29, 1.82) is 0 Å². The lowest BCUT2D eigenvalue weighted by Gasteiger charge is -2.28. The lowest BCUT2D eigenvalue weighted by atomic mass is 9.94. The number of hydrogen-bond acceptors (Lipinski definition) is 5. The van der Waals surface area contributed by atoms with E-state index < -0.39 is 17.8 Å². The van der Waals surface area contributed by atoms with Gasteiger partial charge in [-0.1, -0.05) is 33.1 Å². The van der Waals surface area contributed by atoms with Crippen molar-refractivity contribution < 1.29 is 14.4 Å². The third-order valence-electron chi connectivity index (χ3n) is 4.56. The van der Waals surface area contributed by atoms with E-state index in [0.29, 0.717) is 18.3 Å². The van der Waals surface area contributed by atoms with Crippen molar-refractivity contribution in [2.45, 2.75) is 65.1 Å². The largest absolute Gasteiger partial charge is 0.334 e. The van der Waals surface area contributed by atoms with E-state index in [1.54, 1.807) is 4.68 Å². The molecule has 2 fully saturated rings. The first-order chi connectivity index (χ1) is 11.5. The van der Waals surface area contributed by atoms with Crippen LogP contribution in [0.2, 0.25) is 0 Å². The number of aromatic nitrogens is 3. The predicted octanol–water partition coefficient (Wildman–Crippen LogP) is 1.56. The third kappa shape index (κ3) is 3.05. The average Bonchev–Trinajstić information content (AvgIpc) is 3.06. The highest BCUT2D eigenvalue weighted by Gasteiger charge is 2.48. The van der Waals surface area contributed by atoms with Crippen LogP contribution in [0.4, 0.5) is 4.79 Å². The Bertz CT molecular complexity index is 648. The molecule has 0 N–H and O–H groups in total. The average molecular weight is 333 g/mol. The van der Waals surface area contributed by atoms with Gasteiger partial charge in [-0.25, -0.2) is 19.4 Å². The van der Waals surface area contributed by atoms with Crippen LogP contribution < -0.4 is 0 Å². The molecule has 2 aliphatic rings. The van der Waals surface area contributed by atoms with Crippen molar-refractivity contribution >= 4 is 17.8 Å². The number of hydrogen-bond donors (Lipinski definition) is 0. The van der Waals surface area contributed by atoms with Gasteiger partial charge < -0.3 is 0 Å². The molecule has 0 bridgehead atoms. The van der Waals surface area contributed by atoms with Gasteiger partial charge in [0.1, 0.15) is 12.2 Å². The second kappa shape index (κ2) is 6.70. The van der Waals surface area contributed by atoms with Crippen LogP contribution in [0, 0.1) is 5.92 Å². The Balaban J connectivity index is 1.77. The smallest absolute Gasteiger partial charge is 0.263 e. The molecule has 24 heavy (non-hydrogen) atoms. The van der Waals surface area contributed by atoms with Crippen LogP contribution in [-0.2, 0) is 22.7 Å². The van der Waals surface area contributed by atoms with Crippen LogP contribution in [0.5, 0.6) is 0 Å². The summed E-state index contributed by atoms with van der Waals surface area (Å²) in [5, 5.41) is 4.13. The fraction of sp³-hybridized carbons (Fsp3) is 0.688. The number of carbonyl (C=O) groups excluding carboxylic acids is 3. The SMILES string of the molecule is CC(C)Cn1ncnc1CN1C(=O)C(=O)N(C2CCCCC2)C1=O. The van der Waals surface area contributed by atoms with Crippen molar-refractivity contribution in [3.63, 3.8) is 0 Å². The molecule has 3 rings (SSSR count). The van der Waals surface area contributed by atoms with Gasteiger partial charge in [-0.05, 0) is 18.8 Å². The quantitative estimate of drug-likeness (QED) is 0.602. The summed E-state index contributed by atoms with van der Waals surface area (Å²) in [5.41, 5.74) is 0. The number of imide groups is 2. The minimum Gasteiger partial charge on any atom is -0.263 e. The van der Waals surface area contributed by atoms with Gasteiger partial charge in [0, 0.05) is 12.6 Å². The van der Waals surface area contributed by atoms with Gasteiger partial charge in [-0.15, -0.1) is 0 Å². The molecule has 1 saturated carbocycles. The fourth-order valence-electron chi connectivity index (χ4n) is 3.37. The second-order valence-corrected chi connectivity index (χ2v) is 6.89. The zero-order valence-corrected chi connectivity index (χ0v) is 14.1. The molecule has 0 unspecified atom stereocenters. The topological polar surface area (TPSA) is 88.4 Å². The molecule has 1 aromatic rings. The molecule has 0 radical (unpaired) electrons. The fourth-order valence-corrected chi connectivity index (χ4v) is 3.37. The van der Waals surface area contributed by atoms with Crippen molar-refractivity contribution in [2.75, 3.05) is 0 Å². The van der Waals surface area contributed by atoms with Gasteiger partial charge >= 0.3 is 17.8 Å². The molecule has 1 aliphatic carbocycles. The van der Waals surface area contributed by atoms with E-state index in [-0.39, 0.29) is 12.6 Å². The van der Waals surface area contributed by atoms with Gasteiger partial charge in [0.2, 0.25) is 0 Å². The molecule has 0 aromatic carbocycles. The molecular weight excluding hydrogens is 310 g/mol. The number of urea groups is 1. The summed E-state index contributed by atoms with van der Waals surface area (Å²) >= 11 is 0.